The molecule has 1 aliphatic heterocycles. The molecular formula is C13H17Br2NO3S. The number of carbonyl (C=O) groups excluding carboxylic acids is 1. The van der Waals surface area contributed by atoms with Crippen molar-refractivity contribution in [2.24, 2.45) is 0 Å². The maximum Gasteiger partial charge on any atom is 0.178 e. The quantitative estimate of drug-likeness (QED) is 0.735. The van der Waals surface area contributed by atoms with Gasteiger partial charge < -0.3 is 9.84 Å². The first kappa shape index (κ1) is 16.6. The van der Waals surface area contributed by atoms with Crippen molar-refractivity contribution < 1.29 is 14.6 Å². The first-order valence-corrected chi connectivity index (χ1v) is 8.77. The largest absolute Gasteiger partial charge is 0.388 e. The van der Waals surface area contributed by atoms with Crippen LogP contribution in [0.25, 0.3) is 0 Å². The Balaban J connectivity index is 1.92. The topological polar surface area (TPSA) is 49.8 Å². The van der Waals surface area contributed by atoms with Gasteiger partial charge in [-0.2, -0.15) is 0 Å². The maximum atomic E-state index is 12.2. The molecule has 0 unspecified atom stereocenters. The molecule has 0 amide bonds. The lowest BCUT2D eigenvalue weighted by Crippen LogP contribution is -2.46. The van der Waals surface area contributed by atoms with Crippen LogP contribution in [0.1, 0.15) is 23.2 Å². The average molecular weight is 427 g/mol. The molecule has 112 valence electrons. The highest BCUT2D eigenvalue weighted by molar-refractivity contribution is 9.12. The van der Waals surface area contributed by atoms with Crippen LogP contribution < -0.4 is 0 Å². The van der Waals surface area contributed by atoms with Gasteiger partial charge in [-0.05, 0) is 45.0 Å². The molecule has 0 aliphatic carbocycles. The van der Waals surface area contributed by atoms with Crippen molar-refractivity contribution in [3.05, 3.63) is 19.2 Å². The molecule has 0 aromatic carbocycles. The van der Waals surface area contributed by atoms with Crippen LogP contribution in [-0.4, -0.2) is 54.7 Å². The number of likely N-dealkylation sites (N-methyl/N-ethyl adjacent to an activating group) is 1. The van der Waals surface area contributed by atoms with Crippen LogP contribution in [0.5, 0.6) is 0 Å². The number of Topliss-reactive ketones (excluding diaryl/α,β-unsaturated/α-hetero) is 1. The Labute approximate surface area is 139 Å². The molecule has 0 saturated carbocycles. The van der Waals surface area contributed by atoms with E-state index in [1.54, 1.807) is 0 Å². The Morgan fingerprint density at radius 1 is 1.50 bits per heavy atom. The number of carbonyl (C=O) groups is 1. The van der Waals surface area contributed by atoms with Gasteiger partial charge in [0.05, 0.1) is 19.7 Å². The molecule has 1 aromatic heterocycles. The Morgan fingerprint density at radius 2 is 2.15 bits per heavy atom. The summed E-state index contributed by atoms with van der Waals surface area (Å²) < 4.78 is 7.03. The van der Waals surface area contributed by atoms with E-state index in [4.69, 9.17) is 4.74 Å². The summed E-state index contributed by atoms with van der Waals surface area (Å²) in [4.78, 5) is 14.1. The number of halogens is 2. The molecule has 1 saturated heterocycles. The number of rotatable bonds is 5. The van der Waals surface area contributed by atoms with Crippen LogP contribution in [0.4, 0.5) is 0 Å². The van der Waals surface area contributed by atoms with Crippen LogP contribution in [0.3, 0.4) is 0 Å². The van der Waals surface area contributed by atoms with E-state index in [0.717, 1.165) is 7.57 Å². The van der Waals surface area contributed by atoms with Gasteiger partial charge in [0.25, 0.3) is 0 Å². The molecule has 4 nitrogen and oxygen atoms in total. The number of thiophene rings is 1. The Morgan fingerprint density at radius 3 is 2.70 bits per heavy atom. The van der Waals surface area contributed by atoms with E-state index in [1.165, 1.54) is 11.3 Å². The number of hydrogen-bond donors (Lipinski definition) is 1. The molecule has 0 bridgehead atoms. The van der Waals surface area contributed by atoms with Crippen LogP contribution in [-0.2, 0) is 4.74 Å². The van der Waals surface area contributed by atoms with E-state index in [1.807, 2.05) is 18.0 Å². The third kappa shape index (κ3) is 4.35. The van der Waals surface area contributed by atoms with Crippen molar-refractivity contribution in [2.75, 3.05) is 33.4 Å². The van der Waals surface area contributed by atoms with Crippen LogP contribution in [0, 0.1) is 0 Å². The van der Waals surface area contributed by atoms with Gasteiger partial charge in [-0.25, -0.2) is 0 Å². The number of aliphatic hydroxyl groups is 1. The standard InChI is InChI=1S/C13H17Br2NO3S/c1-16(8-13(18)2-4-19-5-3-13)7-10(17)9-6-11(14)20-12(9)15/h6,18H,2-5,7-8H2,1H3. The van der Waals surface area contributed by atoms with Gasteiger partial charge in [-0.15, -0.1) is 11.3 Å². The molecular weight excluding hydrogens is 410 g/mol. The minimum absolute atomic E-state index is 0.0528. The molecule has 1 fully saturated rings. The molecule has 0 spiro atoms. The third-order valence-corrected chi connectivity index (χ3v) is 5.70. The number of ether oxygens (including phenoxy) is 1. The Hall–Kier alpha value is 0.210. The fraction of sp³-hybridized carbons (Fsp3) is 0.615. The van der Waals surface area contributed by atoms with E-state index in [0.29, 0.717) is 44.7 Å². The normalized spacial score (nSPS) is 18.4. The first-order chi connectivity index (χ1) is 9.39. The smallest absolute Gasteiger partial charge is 0.178 e. The van der Waals surface area contributed by atoms with Gasteiger partial charge >= 0.3 is 0 Å². The molecule has 1 aliphatic rings. The highest BCUT2D eigenvalue weighted by atomic mass is 79.9. The van der Waals surface area contributed by atoms with Crippen LogP contribution in [0.2, 0.25) is 0 Å². The van der Waals surface area contributed by atoms with Crippen molar-refractivity contribution >= 4 is 49.0 Å². The lowest BCUT2D eigenvalue weighted by Gasteiger charge is -2.35. The second-order valence-corrected chi connectivity index (χ2v) is 8.92. The van der Waals surface area contributed by atoms with E-state index < -0.39 is 5.60 Å². The minimum Gasteiger partial charge on any atom is -0.388 e. The second kappa shape index (κ2) is 6.98. The third-order valence-electron chi connectivity index (χ3n) is 3.36. The van der Waals surface area contributed by atoms with Crippen LogP contribution in [0.15, 0.2) is 13.6 Å². The summed E-state index contributed by atoms with van der Waals surface area (Å²) >= 11 is 8.26. The van der Waals surface area contributed by atoms with Crippen molar-refractivity contribution in [3.8, 4) is 0 Å². The van der Waals surface area contributed by atoms with Gasteiger partial charge in [0, 0.05) is 38.2 Å². The minimum atomic E-state index is -0.736. The highest BCUT2D eigenvalue weighted by Gasteiger charge is 2.31. The van der Waals surface area contributed by atoms with Gasteiger partial charge in [-0.1, -0.05) is 0 Å². The SMILES string of the molecule is CN(CC(=O)c1cc(Br)sc1Br)CC1(O)CCOCC1. The second-order valence-electron chi connectivity index (χ2n) is 5.17. The number of ketones is 1. The lowest BCUT2D eigenvalue weighted by atomic mass is 9.94. The van der Waals surface area contributed by atoms with Gasteiger partial charge in [0.2, 0.25) is 0 Å². The fourth-order valence-electron chi connectivity index (χ4n) is 2.33. The highest BCUT2D eigenvalue weighted by Crippen LogP contribution is 2.32. The van der Waals surface area contributed by atoms with E-state index in [2.05, 4.69) is 31.9 Å². The van der Waals surface area contributed by atoms with E-state index >= 15 is 0 Å². The van der Waals surface area contributed by atoms with Crippen molar-refractivity contribution in [3.63, 3.8) is 0 Å². The molecule has 1 N–H and O–H groups in total. The summed E-state index contributed by atoms with van der Waals surface area (Å²) in [5.74, 6) is 0.0528. The average Bonchev–Trinajstić information content (AvgIpc) is 2.68. The molecule has 2 heterocycles. The monoisotopic (exact) mass is 425 g/mol. The molecule has 20 heavy (non-hydrogen) atoms. The molecule has 2 rings (SSSR count). The van der Waals surface area contributed by atoms with Gasteiger partial charge in [0.1, 0.15) is 0 Å². The molecule has 7 heteroatoms. The zero-order chi connectivity index (χ0) is 14.8. The lowest BCUT2D eigenvalue weighted by molar-refractivity contribution is -0.0758. The van der Waals surface area contributed by atoms with E-state index in [9.17, 15) is 9.90 Å². The molecule has 0 radical (unpaired) electrons. The number of nitrogens with zero attached hydrogens (tertiary/aromatic N) is 1. The summed E-state index contributed by atoms with van der Waals surface area (Å²) in [6, 6.07) is 1.83. The van der Waals surface area contributed by atoms with Gasteiger partial charge in [0.15, 0.2) is 5.78 Å². The maximum absolute atomic E-state index is 12.2. The zero-order valence-corrected chi connectivity index (χ0v) is 15.2. The summed E-state index contributed by atoms with van der Waals surface area (Å²) in [6.45, 7) is 1.96. The summed E-state index contributed by atoms with van der Waals surface area (Å²) in [5.41, 5.74) is -0.0487. The van der Waals surface area contributed by atoms with E-state index in [-0.39, 0.29) is 5.78 Å². The van der Waals surface area contributed by atoms with Gasteiger partial charge in [-0.3, -0.25) is 9.69 Å². The number of hydrogen-bond acceptors (Lipinski definition) is 5. The van der Waals surface area contributed by atoms with Crippen LogP contribution >= 0.6 is 43.2 Å². The van der Waals surface area contributed by atoms with Crippen molar-refractivity contribution in [2.45, 2.75) is 18.4 Å². The Bertz CT molecular complexity index is 486. The fourth-order valence-corrected chi connectivity index (χ4v) is 5.18. The van der Waals surface area contributed by atoms with Crippen molar-refractivity contribution in [1.29, 1.82) is 0 Å². The predicted molar refractivity (Wildman–Crippen MR) is 86.5 cm³/mol. The summed E-state index contributed by atoms with van der Waals surface area (Å²) in [6.07, 6.45) is 1.25. The summed E-state index contributed by atoms with van der Waals surface area (Å²) in [5, 5.41) is 10.4. The summed E-state index contributed by atoms with van der Waals surface area (Å²) in [7, 11) is 1.86. The zero-order valence-electron chi connectivity index (χ0n) is 11.2. The first-order valence-electron chi connectivity index (χ1n) is 6.36. The molecule has 1 aromatic rings. The predicted octanol–water partition coefficient (Wildman–Crippen LogP) is 2.93. The molecule has 0 atom stereocenters. The van der Waals surface area contributed by atoms with Crippen molar-refractivity contribution in [1.82, 2.24) is 4.90 Å². The Kier molecular flexibility index (Phi) is 5.79.